The highest BCUT2D eigenvalue weighted by atomic mass is 35.5. The van der Waals surface area contributed by atoms with Gasteiger partial charge in [0.15, 0.2) is 0 Å². The Morgan fingerprint density at radius 3 is 2.59 bits per heavy atom. The van der Waals surface area contributed by atoms with Crippen LogP contribution in [0.25, 0.3) is 0 Å². The number of benzene rings is 2. The maximum absolute atomic E-state index is 13.4. The van der Waals surface area contributed by atoms with E-state index in [0.29, 0.717) is 16.3 Å². The highest BCUT2D eigenvalue weighted by Gasteiger charge is 2.30. The van der Waals surface area contributed by atoms with Gasteiger partial charge in [0, 0.05) is 31.4 Å². The second-order valence-corrected chi connectivity index (χ2v) is 10.4. The fourth-order valence-corrected chi connectivity index (χ4v) is 5.94. The van der Waals surface area contributed by atoms with Crippen molar-refractivity contribution in [2.45, 2.75) is 37.4 Å². The van der Waals surface area contributed by atoms with Gasteiger partial charge < -0.3 is 9.47 Å². The number of hydrogen-bond acceptors (Lipinski definition) is 4. The molecule has 178 valence electrons. The Morgan fingerprint density at radius 2 is 1.91 bits per heavy atom. The number of carbonyl (C=O) groups excluding carboxylic acids is 1. The fraction of sp³-hybridized carbons (Fsp3) is 0.250. The number of nitriles is 1. The monoisotopic (exact) mass is 518 g/mol. The molecule has 0 aliphatic rings. The molecule has 1 aromatic heterocycles. The summed E-state index contributed by atoms with van der Waals surface area (Å²) in [5.41, 5.74) is 1.70. The number of likely N-dealkylation sites (N-methyl/N-ethyl adjacent to an activating group) is 1. The molecule has 34 heavy (non-hydrogen) atoms. The van der Waals surface area contributed by atoms with Gasteiger partial charge in [-0.3, -0.25) is 4.79 Å². The lowest BCUT2D eigenvalue weighted by atomic mass is 10.1. The van der Waals surface area contributed by atoms with Crippen LogP contribution in [0.3, 0.4) is 0 Å². The lowest BCUT2D eigenvalue weighted by Gasteiger charge is -2.25. The maximum Gasteiger partial charge on any atom is 0.243 e. The predicted octanol–water partition coefficient (Wildman–Crippen LogP) is 4.37. The summed E-state index contributed by atoms with van der Waals surface area (Å²) in [5.74, 6) is -0.418. The second kappa shape index (κ2) is 11.1. The molecule has 1 N–H and O–H groups in total. The minimum Gasteiger partial charge on any atom is -0.340 e. The first-order valence-electron chi connectivity index (χ1n) is 10.4. The summed E-state index contributed by atoms with van der Waals surface area (Å²) >= 11 is 12.2. The van der Waals surface area contributed by atoms with E-state index < -0.39 is 22.0 Å². The largest absolute Gasteiger partial charge is 0.340 e. The van der Waals surface area contributed by atoms with Crippen molar-refractivity contribution in [1.29, 1.82) is 5.26 Å². The zero-order chi connectivity index (χ0) is 24.9. The highest BCUT2D eigenvalue weighted by molar-refractivity contribution is 7.89. The molecule has 3 aromatic rings. The average Bonchev–Trinajstić information content (AvgIpc) is 3.23. The lowest BCUT2D eigenvalue weighted by Crippen LogP contribution is -2.47. The van der Waals surface area contributed by atoms with Gasteiger partial charge in [-0.2, -0.15) is 9.98 Å². The summed E-state index contributed by atoms with van der Waals surface area (Å²) < 4.78 is 30.7. The number of sulfonamides is 1. The lowest BCUT2D eigenvalue weighted by molar-refractivity contribution is -0.132. The molecule has 10 heteroatoms. The Morgan fingerprint density at radius 1 is 1.18 bits per heavy atom. The number of aryl methyl sites for hydroxylation is 2. The minimum atomic E-state index is -4.11. The molecule has 0 bridgehead atoms. The summed E-state index contributed by atoms with van der Waals surface area (Å²) in [4.78, 5) is 14.8. The van der Waals surface area contributed by atoms with Crippen LogP contribution in [0.4, 0.5) is 0 Å². The fourth-order valence-electron chi connectivity index (χ4n) is 3.67. The van der Waals surface area contributed by atoms with Gasteiger partial charge >= 0.3 is 0 Å². The van der Waals surface area contributed by atoms with E-state index in [-0.39, 0.29) is 29.4 Å². The van der Waals surface area contributed by atoms with E-state index in [4.69, 9.17) is 23.2 Å². The third-order valence-electron chi connectivity index (χ3n) is 5.32. The van der Waals surface area contributed by atoms with Gasteiger partial charge in [0.25, 0.3) is 0 Å². The van der Waals surface area contributed by atoms with E-state index in [0.717, 1.165) is 5.56 Å². The van der Waals surface area contributed by atoms with Crippen LogP contribution in [0.15, 0.2) is 65.7 Å². The molecule has 0 fully saturated rings. The van der Waals surface area contributed by atoms with E-state index in [1.54, 1.807) is 67.2 Å². The Balaban J connectivity index is 1.88. The summed E-state index contributed by atoms with van der Waals surface area (Å²) in [5, 5.41) is 9.89. The topological polar surface area (TPSA) is 95.2 Å². The predicted molar refractivity (Wildman–Crippen MR) is 132 cm³/mol. The Labute approximate surface area is 209 Å². The summed E-state index contributed by atoms with van der Waals surface area (Å²) in [6, 6.07) is 16.3. The van der Waals surface area contributed by atoms with Crippen LogP contribution >= 0.6 is 23.2 Å². The standard InChI is InChI=1S/C24H24Cl2N4O3S/c1-17-6-3-10-21(26)23(17)34(32,33)28-22(11-13-30-12-5-9-20(30)15-27)24(31)29(2)16-18-7-4-8-19(25)14-18/h3-10,12,14,22,28H,11,13,16H2,1-2H3. The van der Waals surface area contributed by atoms with Crippen LogP contribution in [0.2, 0.25) is 10.0 Å². The number of aromatic nitrogens is 1. The number of amides is 1. The van der Waals surface area contributed by atoms with E-state index in [1.165, 1.54) is 11.0 Å². The summed E-state index contributed by atoms with van der Waals surface area (Å²) in [6.07, 6.45) is 1.84. The number of hydrogen-bond donors (Lipinski definition) is 1. The van der Waals surface area contributed by atoms with E-state index in [1.807, 2.05) is 6.07 Å². The highest BCUT2D eigenvalue weighted by Crippen LogP contribution is 2.25. The first-order valence-corrected chi connectivity index (χ1v) is 12.7. The van der Waals surface area contributed by atoms with E-state index in [9.17, 15) is 18.5 Å². The summed E-state index contributed by atoms with van der Waals surface area (Å²) in [6.45, 7) is 2.15. The zero-order valence-electron chi connectivity index (χ0n) is 18.7. The number of halogens is 2. The Kier molecular flexibility index (Phi) is 8.39. The van der Waals surface area contributed by atoms with Gasteiger partial charge in [-0.05, 0) is 54.8 Å². The molecule has 0 saturated carbocycles. The molecule has 1 atom stereocenters. The van der Waals surface area contributed by atoms with Crippen molar-refractivity contribution >= 4 is 39.1 Å². The third-order valence-corrected chi connectivity index (χ3v) is 7.65. The van der Waals surface area contributed by atoms with Gasteiger partial charge in [-0.1, -0.05) is 47.5 Å². The first-order chi connectivity index (χ1) is 16.1. The molecule has 0 aliphatic heterocycles. The zero-order valence-corrected chi connectivity index (χ0v) is 21.0. The van der Waals surface area contributed by atoms with Crippen LogP contribution < -0.4 is 4.72 Å². The molecule has 7 nitrogen and oxygen atoms in total. The maximum atomic E-state index is 13.4. The van der Waals surface area contributed by atoms with Crippen molar-refractivity contribution in [2.75, 3.05) is 7.05 Å². The second-order valence-electron chi connectivity index (χ2n) is 7.87. The van der Waals surface area contributed by atoms with Gasteiger partial charge in [0.05, 0.1) is 5.02 Å². The first kappa shape index (κ1) is 25.8. The van der Waals surface area contributed by atoms with E-state index >= 15 is 0 Å². The van der Waals surface area contributed by atoms with Crippen molar-refractivity contribution in [3.63, 3.8) is 0 Å². The number of rotatable bonds is 9. The number of carbonyl (C=O) groups is 1. The molecular formula is C24H24Cl2N4O3S. The number of nitrogens with zero attached hydrogens (tertiary/aromatic N) is 3. The van der Waals surface area contributed by atoms with Gasteiger partial charge in [-0.15, -0.1) is 0 Å². The van der Waals surface area contributed by atoms with Crippen LogP contribution in [-0.4, -0.2) is 36.9 Å². The van der Waals surface area contributed by atoms with Crippen LogP contribution in [0.1, 0.15) is 23.2 Å². The minimum absolute atomic E-state index is 0.0642. The molecule has 1 heterocycles. The van der Waals surface area contributed by atoms with Crippen molar-refractivity contribution < 1.29 is 13.2 Å². The van der Waals surface area contributed by atoms with Crippen LogP contribution in [0, 0.1) is 18.3 Å². The van der Waals surface area contributed by atoms with Crippen LogP contribution in [-0.2, 0) is 27.9 Å². The summed E-state index contributed by atoms with van der Waals surface area (Å²) in [7, 11) is -2.51. The average molecular weight is 519 g/mol. The van der Waals surface area contributed by atoms with Gasteiger partial charge in [0.2, 0.25) is 15.9 Å². The molecule has 0 aliphatic carbocycles. The van der Waals surface area contributed by atoms with Crippen molar-refractivity contribution in [1.82, 2.24) is 14.2 Å². The quantitative estimate of drug-likeness (QED) is 0.454. The third kappa shape index (κ3) is 6.19. The van der Waals surface area contributed by atoms with Crippen molar-refractivity contribution in [3.05, 3.63) is 87.7 Å². The molecule has 0 spiro atoms. The molecule has 0 radical (unpaired) electrons. The normalized spacial score (nSPS) is 12.2. The molecule has 3 rings (SSSR count). The van der Waals surface area contributed by atoms with Crippen molar-refractivity contribution in [3.8, 4) is 6.07 Å². The Hall–Kier alpha value is -2.83. The molecule has 0 saturated heterocycles. The SMILES string of the molecule is Cc1cccc(Cl)c1S(=O)(=O)NC(CCn1cccc1C#N)C(=O)N(C)Cc1cccc(Cl)c1. The molecule has 1 amide bonds. The smallest absolute Gasteiger partial charge is 0.243 e. The number of nitrogens with one attached hydrogen (secondary N) is 1. The molecule has 1 unspecified atom stereocenters. The van der Waals surface area contributed by atoms with Crippen LogP contribution in [0.5, 0.6) is 0 Å². The van der Waals surface area contributed by atoms with Crippen molar-refractivity contribution in [2.24, 2.45) is 0 Å². The van der Waals surface area contributed by atoms with E-state index in [2.05, 4.69) is 10.8 Å². The Bertz CT molecular complexity index is 1310. The molecular weight excluding hydrogens is 495 g/mol. The molecule has 2 aromatic carbocycles. The van der Waals surface area contributed by atoms with Gasteiger partial charge in [0.1, 0.15) is 22.7 Å². The van der Waals surface area contributed by atoms with Gasteiger partial charge in [-0.25, -0.2) is 8.42 Å².